The second-order valence-electron chi connectivity index (χ2n) is 4.33. The third kappa shape index (κ3) is 5.47. The highest BCUT2D eigenvalue weighted by Crippen LogP contribution is 2.37. The molecule has 0 aromatic heterocycles. The van der Waals surface area contributed by atoms with Gasteiger partial charge in [0.25, 0.3) is 0 Å². The fourth-order valence-corrected chi connectivity index (χ4v) is 4.58. The van der Waals surface area contributed by atoms with Gasteiger partial charge in [0, 0.05) is 20.5 Å². The first-order valence-corrected chi connectivity index (χ1v) is 10.9. The van der Waals surface area contributed by atoms with Crippen LogP contribution in [0.15, 0.2) is 58.3 Å². The Bertz CT molecular complexity index is 460. The number of alkyl halides is 2. The number of hydrogen-bond donors (Lipinski definition) is 0. The summed E-state index contributed by atoms with van der Waals surface area (Å²) in [4.78, 5) is 2.61. The summed E-state index contributed by atoms with van der Waals surface area (Å²) in [7, 11) is 3.63. The lowest BCUT2D eigenvalue weighted by atomic mass is 10.2. The predicted molar refractivity (Wildman–Crippen MR) is 99.6 cm³/mol. The van der Waals surface area contributed by atoms with Gasteiger partial charge in [-0.2, -0.15) is 0 Å². The van der Waals surface area contributed by atoms with Gasteiger partial charge in [0.15, 0.2) is 0 Å². The normalized spacial score (nSPS) is 10.7. The molecule has 0 aliphatic carbocycles. The van der Waals surface area contributed by atoms with Crippen LogP contribution in [0.5, 0.6) is 0 Å². The van der Waals surface area contributed by atoms with Crippen molar-refractivity contribution in [3.05, 3.63) is 59.7 Å². The van der Waals surface area contributed by atoms with Crippen molar-refractivity contribution >= 4 is 53.4 Å². The van der Waals surface area contributed by atoms with E-state index in [9.17, 15) is 0 Å². The highest BCUT2D eigenvalue weighted by molar-refractivity contribution is 9.09. The van der Waals surface area contributed by atoms with Gasteiger partial charge in [-0.05, 0) is 48.2 Å². The second-order valence-corrected chi connectivity index (χ2v) is 8.19. The molecule has 0 saturated carbocycles. The van der Waals surface area contributed by atoms with Crippen molar-refractivity contribution in [3.63, 3.8) is 0 Å². The maximum atomic E-state index is 3.47. The molecule has 0 amide bonds. The number of hydrogen-bond acceptors (Lipinski definition) is 2. The number of halogens is 2. The lowest BCUT2D eigenvalue weighted by Crippen LogP contribution is -1.84. The Morgan fingerprint density at radius 1 is 0.600 bits per heavy atom. The number of benzene rings is 2. The molecule has 0 spiro atoms. The molecule has 0 radical (unpaired) electrons. The lowest BCUT2D eigenvalue weighted by molar-refractivity contribution is 1.16. The van der Waals surface area contributed by atoms with Crippen LogP contribution < -0.4 is 0 Å². The van der Waals surface area contributed by atoms with Crippen molar-refractivity contribution in [1.29, 1.82) is 0 Å². The van der Waals surface area contributed by atoms with Gasteiger partial charge >= 0.3 is 0 Å². The van der Waals surface area contributed by atoms with Crippen LogP contribution in [0.2, 0.25) is 0 Å². The fraction of sp³-hybridized carbons (Fsp3) is 0.250. The standard InChI is InChI=1S/C16H16Br2S2/c17-11-9-13-1-5-15(6-2-13)19-20-16-7-3-14(4-8-16)10-12-18/h1-8H,9-12H2. The van der Waals surface area contributed by atoms with Gasteiger partial charge in [-0.1, -0.05) is 77.7 Å². The van der Waals surface area contributed by atoms with Crippen LogP contribution >= 0.6 is 53.4 Å². The Morgan fingerprint density at radius 3 is 1.25 bits per heavy atom. The molecule has 0 aliphatic heterocycles. The van der Waals surface area contributed by atoms with Crippen molar-refractivity contribution in [2.75, 3.05) is 10.7 Å². The fourth-order valence-electron chi connectivity index (χ4n) is 1.74. The topological polar surface area (TPSA) is 0 Å². The third-order valence-corrected chi connectivity index (χ3v) is 6.06. The molecule has 0 heterocycles. The molecular formula is C16H16Br2S2. The first-order valence-electron chi connectivity index (χ1n) is 6.46. The van der Waals surface area contributed by atoms with Gasteiger partial charge in [0.05, 0.1) is 0 Å². The van der Waals surface area contributed by atoms with E-state index < -0.39 is 0 Å². The average molecular weight is 432 g/mol. The summed E-state index contributed by atoms with van der Waals surface area (Å²) < 4.78 is 0. The summed E-state index contributed by atoms with van der Waals surface area (Å²) in [5.74, 6) is 0. The summed E-state index contributed by atoms with van der Waals surface area (Å²) in [5, 5.41) is 2.05. The molecule has 0 nitrogen and oxygen atoms in total. The lowest BCUT2D eigenvalue weighted by Gasteiger charge is -2.04. The molecule has 0 fully saturated rings. The van der Waals surface area contributed by atoms with E-state index in [2.05, 4.69) is 80.4 Å². The Balaban J connectivity index is 1.87. The molecule has 2 rings (SSSR count). The summed E-state index contributed by atoms with van der Waals surface area (Å²) in [5.41, 5.74) is 2.77. The van der Waals surface area contributed by atoms with E-state index in [4.69, 9.17) is 0 Å². The Morgan fingerprint density at radius 2 is 0.950 bits per heavy atom. The molecule has 20 heavy (non-hydrogen) atoms. The van der Waals surface area contributed by atoms with Crippen molar-refractivity contribution in [2.45, 2.75) is 22.6 Å². The summed E-state index contributed by atoms with van der Waals surface area (Å²) >= 11 is 6.94. The summed E-state index contributed by atoms with van der Waals surface area (Å²) in [6, 6.07) is 17.7. The van der Waals surface area contributed by atoms with Gasteiger partial charge in [0.2, 0.25) is 0 Å². The zero-order chi connectivity index (χ0) is 14.2. The summed E-state index contributed by atoms with van der Waals surface area (Å²) in [6.45, 7) is 0. The average Bonchev–Trinajstić information content (AvgIpc) is 2.49. The van der Waals surface area contributed by atoms with Crippen LogP contribution in [0.3, 0.4) is 0 Å². The van der Waals surface area contributed by atoms with Gasteiger partial charge in [-0.15, -0.1) is 0 Å². The quantitative estimate of drug-likeness (QED) is 0.369. The molecule has 0 bridgehead atoms. The van der Waals surface area contributed by atoms with Crippen LogP contribution in [0, 0.1) is 0 Å². The minimum atomic E-state index is 1.02. The van der Waals surface area contributed by atoms with E-state index in [1.807, 2.05) is 21.6 Å². The van der Waals surface area contributed by atoms with Crippen molar-refractivity contribution in [2.24, 2.45) is 0 Å². The molecule has 0 saturated heterocycles. The molecular weight excluding hydrogens is 416 g/mol. The smallest absolute Gasteiger partial charge is 0.0186 e. The van der Waals surface area contributed by atoms with E-state index in [0.29, 0.717) is 0 Å². The molecule has 0 atom stereocenters. The maximum absolute atomic E-state index is 3.47. The number of aryl methyl sites for hydroxylation is 2. The zero-order valence-electron chi connectivity index (χ0n) is 11.0. The maximum Gasteiger partial charge on any atom is 0.0186 e. The van der Waals surface area contributed by atoms with E-state index in [1.165, 1.54) is 20.9 Å². The first-order chi connectivity index (χ1) is 9.81. The van der Waals surface area contributed by atoms with E-state index >= 15 is 0 Å². The van der Waals surface area contributed by atoms with Gasteiger partial charge in [-0.3, -0.25) is 0 Å². The van der Waals surface area contributed by atoms with Gasteiger partial charge in [-0.25, -0.2) is 0 Å². The SMILES string of the molecule is BrCCc1ccc(SSc2ccc(CCBr)cc2)cc1. The minimum Gasteiger partial charge on any atom is -0.0924 e. The Kier molecular flexibility index (Phi) is 7.56. The zero-order valence-corrected chi connectivity index (χ0v) is 15.8. The Hall–Kier alpha value is 0.1000. The van der Waals surface area contributed by atoms with Gasteiger partial charge in [0.1, 0.15) is 0 Å². The molecule has 2 aromatic carbocycles. The molecule has 0 N–H and O–H groups in total. The van der Waals surface area contributed by atoms with Crippen molar-refractivity contribution in [1.82, 2.24) is 0 Å². The highest BCUT2D eigenvalue weighted by Gasteiger charge is 1.99. The molecule has 106 valence electrons. The van der Waals surface area contributed by atoms with Crippen LogP contribution in [-0.2, 0) is 12.8 Å². The number of rotatable bonds is 7. The van der Waals surface area contributed by atoms with Crippen LogP contribution in [0.1, 0.15) is 11.1 Å². The monoisotopic (exact) mass is 430 g/mol. The van der Waals surface area contributed by atoms with E-state index in [1.54, 1.807) is 0 Å². The second kappa shape index (κ2) is 9.19. The highest BCUT2D eigenvalue weighted by atomic mass is 79.9. The minimum absolute atomic E-state index is 1.02. The van der Waals surface area contributed by atoms with E-state index in [-0.39, 0.29) is 0 Å². The van der Waals surface area contributed by atoms with Crippen LogP contribution in [0.4, 0.5) is 0 Å². The first kappa shape index (κ1) is 16.5. The predicted octanol–water partition coefficient (Wildman–Crippen LogP) is 6.36. The summed E-state index contributed by atoms with van der Waals surface area (Å²) in [6.07, 6.45) is 2.18. The molecule has 4 heteroatoms. The van der Waals surface area contributed by atoms with Crippen molar-refractivity contribution < 1.29 is 0 Å². The van der Waals surface area contributed by atoms with Crippen LogP contribution in [0.25, 0.3) is 0 Å². The Labute approximate surface area is 145 Å². The van der Waals surface area contributed by atoms with Crippen LogP contribution in [-0.4, -0.2) is 10.7 Å². The third-order valence-electron chi connectivity index (χ3n) is 2.85. The molecule has 0 unspecified atom stereocenters. The van der Waals surface area contributed by atoms with Gasteiger partial charge < -0.3 is 0 Å². The largest absolute Gasteiger partial charge is 0.0924 e. The van der Waals surface area contributed by atoms with Crippen molar-refractivity contribution in [3.8, 4) is 0 Å². The van der Waals surface area contributed by atoms with E-state index in [0.717, 1.165) is 23.5 Å². The molecule has 2 aromatic rings. The molecule has 0 aliphatic rings.